The molecule has 0 aromatic heterocycles. The first-order valence-electron chi connectivity index (χ1n) is 9.08. The van der Waals surface area contributed by atoms with Crippen molar-refractivity contribution in [2.75, 3.05) is 7.05 Å². The molecule has 4 nitrogen and oxygen atoms in total. The molecule has 1 aliphatic carbocycles. The molecular weight excluding hydrogens is 299 g/mol. The zero-order valence-electron chi connectivity index (χ0n) is 16.6. The topological polar surface area (TPSA) is 42.9 Å². The fraction of sp³-hybridized carbons (Fsp3) is 0.737. The van der Waals surface area contributed by atoms with Crippen LogP contribution in [0.1, 0.15) is 61.3 Å². The van der Waals surface area contributed by atoms with Gasteiger partial charge in [0, 0.05) is 13.1 Å². The van der Waals surface area contributed by atoms with Gasteiger partial charge >= 0.3 is 7.12 Å². The zero-order valence-corrected chi connectivity index (χ0v) is 16.6. The maximum Gasteiger partial charge on any atom is 0.494 e. The predicted octanol–water partition coefficient (Wildman–Crippen LogP) is 3.93. The summed E-state index contributed by atoms with van der Waals surface area (Å²) in [5.41, 5.74) is 1.60. The van der Waals surface area contributed by atoms with Gasteiger partial charge in [0.25, 0.3) is 0 Å². The normalized spacial score (nSPS) is 24.7. The van der Waals surface area contributed by atoms with Crippen molar-refractivity contribution in [1.82, 2.24) is 5.32 Å². The van der Waals surface area contributed by atoms with E-state index in [0.29, 0.717) is 12.0 Å². The van der Waals surface area contributed by atoms with Crippen LogP contribution in [0.15, 0.2) is 28.2 Å². The Bertz CT molecular complexity index is 542. The summed E-state index contributed by atoms with van der Waals surface area (Å²) in [5, 5.41) is 3.55. The molecule has 1 saturated heterocycles. The van der Waals surface area contributed by atoms with Crippen LogP contribution in [0.3, 0.4) is 0 Å². The standard InChI is InChI=1S/C19H33BN2O2/c1-9-14(20-23-18(4,5)19(6,7)24-20)12-16(13(2)3)17(21-8)22-15-10-11-15/h9,12-13,15H,10-11H2,1-8H3,(H,21,22)/b14-9?,16-12+. The molecule has 0 bridgehead atoms. The molecule has 0 radical (unpaired) electrons. The lowest BCUT2D eigenvalue weighted by molar-refractivity contribution is 0.00578. The molecule has 1 heterocycles. The molecule has 2 aliphatic rings. The van der Waals surface area contributed by atoms with E-state index >= 15 is 0 Å². The molecule has 0 aromatic rings. The van der Waals surface area contributed by atoms with Crippen molar-refractivity contribution in [2.24, 2.45) is 10.9 Å². The Hall–Kier alpha value is -1.07. The van der Waals surface area contributed by atoms with E-state index in [1.165, 1.54) is 18.4 Å². The molecular formula is C19H33BN2O2. The quantitative estimate of drug-likeness (QED) is 0.359. The number of aliphatic imine (C=N–C) groups is 1. The van der Waals surface area contributed by atoms with Gasteiger partial charge in [0.2, 0.25) is 0 Å². The number of amidine groups is 1. The van der Waals surface area contributed by atoms with Crippen LogP contribution >= 0.6 is 0 Å². The molecule has 1 aliphatic heterocycles. The molecule has 5 heteroatoms. The minimum Gasteiger partial charge on any atom is -0.399 e. The second-order valence-electron chi connectivity index (χ2n) is 8.12. The lowest BCUT2D eigenvalue weighted by atomic mass is 9.76. The first-order chi connectivity index (χ1) is 11.1. The van der Waals surface area contributed by atoms with E-state index in [1.54, 1.807) is 0 Å². The molecule has 0 unspecified atom stereocenters. The number of nitrogens with zero attached hydrogens (tertiary/aromatic N) is 1. The third-order valence-corrected chi connectivity index (χ3v) is 5.22. The van der Waals surface area contributed by atoms with Gasteiger partial charge < -0.3 is 14.6 Å². The molecule has 0 spiro atoms. The Kier molecular flexibility index (Phi) is 5.66. The predicted molar refractivity (Wildman–Crippen MR) is 102 cm³/mol. The third-order valence-electron chi connectivity index (χ3n) is 5.22. The number of hydrogen-bond acceptors (Lipinski definition) is 3. The van der Waals surface area contributed by atoms with Gasteiger partial charge in [-0.2, -0.15) is 0 Å². The van der Waals surface area contributed by atoms with Gasteiger partial charge in [0.1, 0.15) is 5.84 Å². The highest BCUT2D eigenvalue weighted by molar-refractivity contribution is 6.55. The second kappa shape index (κ2) is 7.05. The molecule has 134 valence electrons. The maximum absolute atomic E-state index is 6.21. The Balaban J connectivity index is 2.26. The lowest BCUT2D eigenvalue weighted by Gasteiger charge is -2.32. The smallest absolute Gasteiger partial charge is 0.399 e. The van der Waals surface area contributed by atoms with Gasteiger partial charge in [-0.05, 0) is 64.4 Å². The SMILES string of the molecule is CC=C(/C=C(/C(=NC)NC1CC1)C(C)C)B1OC(C)(C)C(C)(C)O1. The summed E-state index contributed by atoms with van der Waals surface area (Å²) >= 11 is 0. The van der Waals surface area contributed by atoms with Crippen molar-refractivity contribution < 1.29 is 9.31 Å². The van der Waals surface area contributed by atoms with Crippen molar-refractivity contribution in [3.05, 3.63) is 23.2 Å². The number of nitrogens with one attached hydrogen (secondary N) is 1. The van der Waals surface area contributed by atoms with Gasteiger partial charge in [-0.1, -0.05) is 26.0 Å². The van der Waals surface area contributed by atoms with E-state index < -0.39 is 0 Å². The van der Waals surface area contributed by atoms with E-state index in [1.807, 2.05) is 14.0 Å². The van der Waals surface area contributed by atoms with Crippen LogP contribution in [0.2, 0.25) is 0 Å². The Labute approximate surface area is 147 Å². The van der Waals surface area contributed by atoms with Crippen molar-refractivity contribution in [1.29, 1.82) is 0 Å². The molecule has 2 rings (SSSR count). The molecule has 1 saturated carbocycles. The highest BCUT2D eigenvalue weighted by atomic mass is 16.7. The maximum atomic E-state index is 6.21. The molecule has 2 fully saturated rings. The summed E-state index contributed by atoms with van der Waals surface area (Å²) in [5.74, 6) is 1.36. The van der Waals surface area contributed by atoms with Crippen molar-refractivity contribution in [2.45, 2.75) is 78.6 Å². The highest BCUT2D eigenvalue weighted by Crippen LogP contribution is 2.39. The van der Waals surface area contributed by atoms with Gasteiger partial charge in [0.05, 0.1) is 11.2 Å². The minimum absolute atomic E-state index is 0.328. The van der Waals surface area contributed by atoms with E-state index in [2.05, 4.69) is 64.0 Å². The van der Waals surface area contributed by atoms with Crippen LogP contribution in [0.5, 0.6) is 0 Å². The van der Waals surface area contributed by atoms with Gasteiger partial charge in [0.15, 0.2) is 0 Å². The van der Waals surface area contributed by atoms with E-state index in [9.17, 15) is 0 Å². The second-order valence-corrected chi connectivity index (χ2v) is 8.12. The van der Waals surface area contributed by atoms with Crippen LogP contribution in [-0.4, -0.2) is 37.2 Å². The van der Waals surface area contributed by atoms with Gasteiger partial charge in [-0.25, -0.2) is 0 Å². The van der Waals surface area contributed by atoms with Crippen molar-refractivity contribution in [3.63, 3.8) is 0 Å². The Morgan fingerprint density at radius 1 is 1.17 bits per heavy atom. The summed E-state index contributed by atoms with van der Waals surface area (Å²) in [6.45, 7) is 14.8. The minimum atomic E-state index is -0.340. The summed E-state index contributed by atoms with van der Waals surface area (Å²) in [7, 11) is 1.51. The first-order valence-corrected chi connectivity index (χ1v) is 9.08. The van der Waals surface area contributed by atoms with E-state index in [-0.39, 0.29) is 18.3 Å². The fourth-order valence-corrected chi connectivity index (χ4v) is 2.65. The average Bonchev–Trinajstić information content (AvgIpc) is 3.25. The van der Waals surface area contributed by atoms with Gasteiger partial charge in [-0.15, -0.1) is 0 Å². The van der Waals surface area contributed by atoms with Gasteiger partial charge in [-0.3, -0.25) is 4.99 Å². The third kappa shape index (κ3) is 4.12. The Morgan fingerprint density at radius 2 is 1.71 bits per heavy atom. The summed E-state index contributed by atoms with van der Waals surface area (Å²) in [6.07, 6.45) is 6.73. The zero-order chi connectivity index (χ0) is 18.1. The van der Waals surface area contributed by atoms with E-state index in [4.69, 9.17) is 9.31 Å². The fourth-order valence-electron chi connectivity index (χ4n) is 2.65. The first kappa shape index (κ1) is 19.3. The lowest BCUT2D eigenvalue weighted by Crippen LogP contribution is -2.41. The molecule has 24 heavy (non-hydrogen) atoms. The van der Waals surface area contributed by atoms with Crippen molar-refractivity contribution in [3.8, 4) is 0 Å². The monoisotopic (exact) mass is 332 g/mol. The Morgan fingerprint density at radius 3 is 2.08 bits per heavy atom. The number of rotatable bonds is 5. The molecule has 1 N–H and O–H groups in total. The summed E-state index contributed by atoms with van der Waals surface area (Å²) in [6, 6.07) is 0.580. The molecule has 0 atom stereocenters. The highest BCUT2D eigenvalue weighted by Gasteiger charge is 2.52. The average molecular weight is 332 g/mol. The van der Waals surface area contributed by atoms with Crippen LogP contribution in [-0.2, 0) is 9.31 Å². The van der Waals surface area contributed by atoms with Crippen LogP contribution in [0.4, 0.5) is 0 Å². The summed E-state index contributed by atoms with van der Waals surface area (Å²) in [4.78, 5) is 4.49. The molecule has 0 amide bonds. The number of hydrogen-bond donors (Lipinski definition) is 1. The largest absolute Gasteiger partial charge is 0.494 e. The van der Waals surface area contributed by atoms with Crippen LogP contribution in [0, 0.1) is 5.92 Å². The number of allylic oxidation sites excluding steroid dienone is 3. The van der Waals surface area contributed by atoms with E-state index in [0.717, 1.165) is 11.3 Å². The van der Waals surface area contributed by atoms with Crippen LogP contribution < -0.4 is 5.32 Å². The van der Waals surface area contributed by atoms with Crippen molar-refractivity contribution >= 4 is 13.0 Å². The summed E-state index contributed by atoms with van der Waals surface area (Å²) < 4.78 is 12.4. The molecule has 0 aromatic carbocycles. The van der Waals surface area contributed by atoms with Crippen LogP contribution in [0.25, 0.3) is 0 Å².